The van der Waals surface area contributed by atoms with Gasteiger partial charge in [0.15, 0.2) is 11.6 Å². The maximum Gasteiger partial charge on any atom is 0.252 e. The Bertz CT molecular complexity index is 1240. The third-order valence-corrected chi connectivity index (χ3v) is 6.48. The molecule has 1 aliphatic heterocycles. The molecule has 198 valence electrons. The largest absolute Gasteiger partial charge is 0.494 e. The van der Waals surface area contributed by atoms with E-state index in [0.717, 1.165) is 22.3 Å². The molecular formula is C32H36N2O4. The van der Waals surface area contributed by atoms with Crippen molar-refractivity contribution in [1.82, 2.24) is 5.32 Å². The fourth-order valence-corrected chi connectivity index (χ4v) is 4.47. The van der Waals surface area contributed by atoms with Crippen LogP contribution in [0.5, 0.6) is 5.75 Å². The number of rotatable bonds is 12. The van der Waals surface area contributed by atoms with Crippen molar-refractivity contribution >= 4 is 11.8 Å². The molecule has 38 heavy (non-hydrogen) atoms. The van der Waals surface area contributed by atoms with Gasteiger partial charge in [-0.25, -0.2) is 4.99 Å². The summed E-state index contributed by atoms with van der Waals surface area (Å²) in [5, 5.41) is 12.1. The van der Waals surface area contributed by atoms with Gasteiger partial charge >= 0.3 is 0 Å². The van der Waals surface area contributed by atoms with Crippen LogP contribution in [0.4, 0.5) is 0 Å². The third-order valence-electron chi connectivity index (χ3n) is 6.48. The monoisotopic (exact) mass is 512 g/mol. The lowest BCUT2D eigenvalue weighted by molar-refractivity contribution is -0.129. The maximum atomic E-state index is 13.7. The Hall–Kier alpha value is -3.90. The fourth-order valence-electron chi connectivity index (χ4n) is 4.47. The van der Waals surface area contributed by atoms with Crippen molar-refractivity contribution in [3.8, 4) is 16.9 Å². The minimum Gasteiger partial charge on any atom is -0.494 e. The van der Waals surface area contributed by atoms with Gasteiger partial charge in [0.25, 0.3) is 5.91 Å². The first-order valence-electron chi connectivity index (χ1n) is 13.1. The number of ether oxygens (including phenoxy) is 2. The van der Waals surface area contributed by atoms with E-state index in [2.05, 4.69) is 50.0 Å². The number of hydrogen-bond acceptors (Lipinski definition) is 5. The summed E-state index contributed by atoms with van der Waals surface area (Å²) in [5.74, 6) is 1.22. The Balaban J connectivity index is 1.68. The van der Waals surface area contributed by atoms with Crippen LogP contribution < -0.4 is 10.1 Å². The van der Waals surface area contributed by atoms with Gasteiger partial charge in [-0.1, -0.05) is 74.5 Å². The van der Waals surface area contributed by atoms with Crippen molar-refractivity contribution in [1.29, 1.82) is 0 Å². The first-order valence-corrected chi connectivity index (χ1v) is 13.1. The zero-order chi connectivity index (χ0) is 27.0. The molecule has 1 amide bonds. The Kier molecular flexibility index (Phi) is 8.98. The summed E-state index contributed by atoms with van der Waals surface area (Å²) in [6.45, 7) is 9.12. The molecule has 6 heteroatoms. The maximum absolute atomic E-state index is 13.7. The van der Waals surface area contributed by atoms with Crippen LogP contribution >= 0.6 is 0 Å². The van der Waals surface area contributed by atoms with E-state index in [1.165, 1.54) is 0 Å². The lowest BCUT2D eigenvalue weighted by atomic mass is 9.84. The predicted octanol–water partition coefficient (Wildman–Crippen LogP) is 5.72. The summed E-state index contributed by atoms with van der Waals surface area (Å²) in [6.07, 6.45) is 2.01. The molecule has 0 aliphatic carbocycles. The number of carbonyl (C=O) groups is 1. The van der Waals surface area contributed by atoms with Gasteiger partial charge in [-0.15, -0.1) is 6.58 Å². The summed E-state index contributed by atoms with van der Waals surface area (Å²) in [4.78, 5) is 18.7. The SMILES string of the molecule is C=CC[C@@]1(C(=O)NCC(C)C)N=C(c2ccc(OCCCO)cc2)O[C@@H]1c1ccc(-c2ccccc2)cc1. The molecule has 4 rings (SSSR count). The Morgan fingerprint density at radius 3 is 2.34 bits per heavy atom. The summed E-state index contributed by atoms with van der Waals surface area (Å²) < 4.78 is 12.1. The normalized spacial score (nSPS) is 18.5. The number of amides is 1. The van der Waals surface area contributed by atoms with Crippen molar-refractivity contribution in [2.75, 3.05) is 19.8 Å². The van der Waals surface area contributed by atoms with Crippen molar-refractivity contribution in [2.45, 2.75) is 38.3 Å². The van der Waals surface area contributed by atoms with E-state index in [0.29, 0.717) is 43.6 Å². The zero-order valence-corrected chi connectivity index (χ0v) is 22.1. The molecule has 2 N–H and O–H groups in total. The van der Waals surface area contributed by atoms with E-state index in [1.54, 1.807) is 6.08 Å². The molecule has 0 saturated heterocycles. The zero-order valence-electron chi connectivity index (χ0n) is 22.1. The van der Waals surface area contributed by atoms with Crippen molar-refractivity contribution in [3.63, 3.8) is 0 Å². The summed E-state index contributed by atoms with van der Waals surface area (Å²) >= 11 is 0. The Morgan fingerprint density at radius 2 is 1.71 bits per heavy atom. The molecule has 1 heterocycles. The number of aliphatic imine (C=N–C) groups is 1. The second-order valence-corrected chi connectivity index (χ2v) is 9.87. The predicted molar refractivity (Wildman–Crippen MR) is 151 cm³/mol. The van der Waals surface area contributed by atoms with Crippen molar-refractivity contribution in [3.05, 3.63) is 103 Å². The van der Waals surface area contributed by atoms with Gasteiger partial charge in [0, 0.05) is 31.6 Å². The van der Waals surface area contributed by atoms with Crippen molar-refractivity contribution in [2.24, 2.45) is 10.9 Å². The highest BCUT2D eigenvalue weighted by Crippen LogP contribution is 2.43. The van der Waals surface area contributed by atoms with Crippen LogP contribution in [0.1, 0.15) is 43.9 Å². The smallest absolute Gasteiger partial charge is 0.252 e. The number of hydrogen-bond donors (Lipinski definition) is 2. The molecule has 0 radical (unpaired) electrons. The summed E-state index contributed by atoms with van der Waals surface area (Å²) in [7, 11) is 0. The van der Waals surface area contributed by atoms with Crippen LogP contribution in [-0.4, -0.2) is 42.2 Å². The molecule has 3 aromatic rings. The van der Waals surface area contributed by atoms with Gasteiger partial charge in [-0.2, -0.15) is 0 Å². The van der Waals surface area contributed by atoms with Crippen molar-refractivity contribution < 1.29 is 19.4 Å². The van der Waals surface area contributed by atoms with Gasteiger partial charge in [-0.3, -0.25) is 4.79 Å². The lowest BCUT2D eigenvalue weighted by Gasteiger charge is -2.30. The molecule has 0 bridgehead atoms. The lowest BCUT2D eigenvalue weighted by Crippen LogP contribution is -2.48. The Morgan fingerprint density at radius 1 is 1.05 bits per heavy atom. The van der Waals surface area contributed by atoms with E-state index < -0.39 is 11.6 Å². The van der Waals surface area contributed by atoms with Gasteiger partial charge in [0.1, 0.15) is 5.75 Å². The molecule has 6 nitrogen and oxygen atoms in total. The van der Waals surface area contributed by atoms with Gasteiger partial charge < -0.3 is 19.9 Å². The van der Waals surface area contributed by atoms with Crippen LogP contribution in [0, 0.1) is 5.92 Å². The average Bonchev–Trinajstić information content (AvgIpc) is 3.33. The molecule has 0 saturated carbocycles. The van der Waals surface area contributed by atoms with Gasteiger partial charge in [0.2, 0.25) is 5.90 Å². The second kappa shape index (κ2) is 12.6. The molecule has 2 atom stereocenters. The number of aliphatic hydroxyl groups excluding tert-OH is 1. The van der Waals surface area contributed by atoms with Gasteiger partial charge in [0.05, 0.1) is 6.61 Å². The van der Waals surface area contributed by atoms with Crippen LogP contribution in [-0.2, 0) is 9.53 Å². The van der Waals surface area contributed by atoms with Crippen LogP contribution in [0.15, 0.2) is 96.5 Å². The first-order chi connectivity index (χ1) is 18.5. The van der Waals surface area contributed by atoms with Crippen LogP contribution in [0.2, 0.25) is 0 Å². The molecule has 3 aromatic carbocycles. The quantitative estimate of drug-likeness (QED) is 0.240. The molecule has 1 aliphatic rings. The Labute approximate surface area is 225 Å². The van der Waals surface area contributed by atoms with Crippen LogP contribution in [0.25, 0.3) is 11.1 Å². The first kappa shape index (κ1) is 27.1. The minimum atomic E-state index is -1.18. The van der Waals surface area contributed by atoms with E-state index in [9.17, 15) is 4.79 Å². The molecular weight excluding hydrogens is 476 g/mol. The number of benzene rings is 3. The topological polar surface area (TPSA) is 80.2 Å². The second-order valence-electron chi connectivity index (χ2n) is 9.87. The highest BCUT2D eigenvalue weighted by atomic mass is 16.5. The van der Waals surface area contributed by atoms with E-state index >= 15 is 0 Å². The minimum absolute atomic E-state index is 0.0840. The number of nitrogens with one attached hydrogen (secondary N) is 1. The highest BCUT2D eigenvalue weighted by molar-refractivity contribution is 6.01. The van der Waals surface area contributed by atoms with E-state index in [-0.39, 0.29) is 12.5 Å². The molecule has 0 unspecified atom stereocenters. The number of nitrogens with zero attached hydrogens (tertiary/aromatic N) is 1. The highest BCUT2D eigenvalue weighted by Gasteiger charge is 2.52. The summed E-state index contributed by atoms with van der Waals surface area (Å²) in [6, 6.07) is 25.7. The van der Waals surface area contributed by atoms with Crippen LogP contribution in [0.3, 0.4) is 0 Å². The number of aliphatic hydroxyl groups is 1. The molecule has 0 spiro atoms. The third kappa shape index (κ3) is 6.14. The molecule has 0 fully saturated rings. The fraction of sp³-hybridized carbons (Fsp3) is 0.312. The standard InChI is InChI=1S/C32H36N2O4/c1-4-19-32(31(36)33-22-23(2)3)29(26-13-11-25(12-14-26)24-9-6-5-7-10-24)38-30(34-32)27-15-17-28(18-16-27)37-21-8-20-35/h4-7,9-18,23,29,35H,1,8,19-22H2,2-3H3,(H,33,36)/t29-,32-/m1/s1. The number of carbonyl (C=O) groups excluding carboxylic acids is 1. The summed E-state index contributed by atoms with van der Waals surface area (Å²) in [5.41, 5.74) is 2.65. The average molecular weight is 513 g/mol. The van der Waals surface area contributed by atoms with E-state index in [4.69, 9.17) is 19.6 Å². The van der Waals surface area contributed by atoms with Gasteiger partial charge in [-0.05, 0) is 46.9 Å². The molecule has 0 aromatic heterocycles. The van der Waals surface area contributed by atoms with E-state index in [1.807, 2.05) is 54.6 Å².